The lowest BCUT2D eigenvalue weighted by atomic mass is 9.98. The molecule has 0 unspecified atom stereocenters. The van der Waals surface area contributed by atoms with Crippen molar-refractivity contribution in [2.45, 2.75) is 25.3 Å². The number of hydrogen-bond acceptors (Lipinski definition) is 3. The molecule has 0 aromatic heterocycles. The van der Waals surface area contributed by atoms with Crippen LogP contribution in [0.4, 0.5) is 0 Å². The van der Waals surface area contributed by atoms with Gasteiger partial charge in [0.2, 0.25) is 5.91 Å². The fourth-order valence-electron chi connectivity index (χ4n) is 2.36. The van der Waals surface area contributed by atoms with Gasteiger partial charge in [0.15, 0.2) is 0 Å². The Kier molecular flexibility index (Phi) is 5.76. The number of carbonyl (C=O) groups excluding carboxylic acids is 1. The highest BCUT2D eigenvalue weighted by Crippen LogP contribution is 2.22. The summed E-state index contributed by atoms with van der Waals surface area (Å²) in [5, 5.41) is 11.9. The van der Waals surface area contributed by atoms with Crippen molar-refractivity contribution in [1.82, 2.24) is 5.32 Å². The molecule has 2 N–H and O–H groups in total. The second kappa shape index (κ2) is 7.56. The number of nitrogens with one attached hydrogen (secondary N) is 1. The van der Waals surface area contributed by atoms with Crippen molar-refractivity contribution in [1.29, 1.82) is 0 Å². The Labute approximate surface area is 131 Å². The zero-order chi connectivity index (χ0) is 15.2. The van der Waals surface area contributed by atoms with Gasteiger partial charge in [-0.05, 0) is 30.5 Å². The first kappa shape index (κ1) is 16.0. The number of benzene rings is 1. The van der Waals surface area contributed by atoms with Crippen LogP contribution in [-0.2, 0) is 14.3 Å². The summed E-state index contributed by atoms with van der Waals surface area (Å²) in [4.78, 5) is 23.3. The number of ether oxygens (including phenoxy) is 1. The number of aliphatic carboxylic acids is 1. The van der Waals surface area contributed by atoms with E-state index in [0.717, 1.165) is 22.9 Å². The average molecular weight is 356 g/mol. The first-order valence-electron chi connectivity index (χ1n) is 6.91. The van der Waals surface area contributed by atoms with Crippen LogP contribution < -0.4 is 5.32 Å². The SMILES string of the molecule is O=C(O)C[C@H](NC(=O)[C@@H]1CCCOC1)c1ccc(Br)cc1. The zero-order valence-corrected chi connectivity index (χ0v) is 13.1. The molecule has 1 aromatic rings. The Balaban J connectivity index is 2.06. The standard InChI is InChI=1S/C15H18BrNO4/c16-12-5-3-10(4-6-12)13(8-14(18)19)17-15(20)11-2-1-7-21-9-11/h3-6,11,13H,1-2,7-9H2,(H,17,20)(H,18,19)/t11-,13+/m1/s1. The summed E-state index contributed by atoms with van der Waals surface area (Å²) in [5.74, 6) is -1.27. The highest BCUT2D eigenvalue weighted by Gasteiger charge is 2.25. The maximum Gasteiger partial charge on any atom is 0.305 e. The molecule has 1 aromatic carbocycles. The van der Waals surface area contributed by atoms with E-state index in [0.29, 0.717) is 13.2 Å². The van der Waals surface area contributed by atoms with E-state index in [1.165, 1.54) is 0 Å². The number of rotatable bonds is 5. The van der Waals surface area contributed by atoms with Gasteiger partial charge in [0.1, 0.15) is 0 Å². The van der Waals surface area contributed by atoms with Crippen molar-refractivity contribution in [2.24, 2.45) is 5.92 Å². The number of hydrogen-bond donors (Lipinski definition) is 2. The Bertz CT molecular complexity index is 497. The predicted octanol–water partition coefficient (Wildman–Crippen LogP) is 2.51. The molecule has 2 rings (SSSR count). The van der Waals surface area contributed by atoms with Gasteiger partial charge in [0, 0.05) is 11.1 Å². The monoisotopic (exact) mass is 355 g/mol. The number of carboxylic acid groups (broad SMARTS) is 1. The summed E-state index contributed by atoms with van der Waals surface area (Å²) in [5.41, 5.74) is 0.783. The van der Waals surface area contributed by atoms with E-state index in [1.807, 2.05) is 24.3 Å². The largest absolute Gasteiger partial charge is 0.481 e. The quantitative estimate of drug-likeness (QED) is 0.850. The molecule has 0 saturated carbocycles. The molecule has 1 aliphatic rings. The number of halogens is 1. The van der Waals surface area contributed by atoms with Crippen LogP contribution in [0.25, 0.3) is 0 Å². The molecule has 1 saturated heterocycles. The van der Waals surface area contributed by atoms with Gasteiger partial charge in [-0.1, -0.05) is 28.1 Å². The third kappa shape index (κ3) is 4.82. The number of carboxylic acids is 1. The fourth-order valence-corrected chi connectivity index (χ4v) is 2.62. The van der Waals surface area contributed by atoms with Gasteiger partial charge < -0.3 is 15.2 Å². The maximum absolute atomic E-state index is 12.2. The molecule has 2 atom stereocenters. The lowest BCUT2D eigenvalue weighted by Gasteiger charge is -2.24. The average Bonchev–Trinajstić information content (AvgIpc) is 2.48. The topological polar surface area (TPSA) is 75.6 Å². The van der Waals surface area contributed by atoms with Crippen molar-refractivity contribution in [3.8, 4) is 0 Å². The van der Waals surface area contributed by atoms with Crippen LogP contribution in [0.2, 0.25) is 0 Å². The van der Waals surface area contributed by atoms with Gasteiger partial charge in [-0.2, -0.15) is 0 Å². The molecule has 1 fully saturated rings. The van der Waals surface area contributed by atoms with Crippen molar-refractivity contribution in [2.75, 3.05) is 13.2 Å². The summed E-state index contributed by atoms with van der Waals surface area (Å²) in [6.45, 7) is 1.10. The van der Waals surface area contributed by atoms with E-state index in [9.17, 15) is 9.59 Å². The third-order valence-corrected chi connectivity index (χ3v) is 4.03. The van der Waals surface area contributed by atoms with Crippen molar-refractivity contribution < 1.29 is 19.4 Å². The van der Waals surface area contributed by atoms with Crippen molar-refractivity contribution in [3.63, 3.8) is 0 Å². The van der Waals surface area contributed by atoms with E-state index in [-0.39, 0.29) is 18.2 Å². The number of amides is 1. The van der Waals surface area contributed by atoms with E-state index in [4.69, 9.17) is 9.84 Å². The van der Waals surface area contributed by atoms with Gasteiger partial charge >= 0.3 is 5.97 Å². The Hall–Kier alpha value is -1.40. The minimum atomic E-state index is -0.942. The summed E-state index contributed by atoms with van der Waals surface area (Å²) >= 11 is 3.34. The van der Waals surface area contributed by atoms with Crippen LogP contribution in [0.1, 0.15) is 30.9 Å². The smallest absolute Gasteiger partial charge is 0.305 e. The van der Waals surface area contributed by atoms with Gasteiger partial charge in [0.05, 0.1) is 25.0 Å². The van der Waals surface area contributed by atoms with Gasteiger partial charge in [-0.25, -0.2) is 0 Å². The molecule has 5 nitrogen and oxygen atoms in total. The normalized spacial score (nSPS) is 19.8. The number of carbonyl (C=O) groups is 2. The molecular weight excluding hydrogens is 338 g/mol. The van der Waals surface area contributed by atoms with E-state index in [2.05, 4.69) is 21.2 Å². The van der Waals surface area contributed by atoms with Crippen LogP contribution >= 0.6 is 15.9 Å². The van der Waals surface area contributed by atoms with Crippen molar-refractivity contribution >= 4 is 27.8 Å². The van der Waals surface area contributed by atoms with Crippen LogP contribution in [0.5, 0.6) is 0 Å². The molecule has 114 valence electrons. The Morgan fingerprint density at radius 3 is 2.67 bits per heavy atom. The van der Waals surface area contributed by atoms with Crippen LogP contribution in [-0.4, -0.2) is 30.2 Å². The van der Waals surface area contributed by atoms with Gasteiger partial charge in [-0.3, -0.25) is 9.59 Å². The Morgan fingerprint density at radius 1 is 1.38 bits per heavy atom. The molecule has 1 amide bonds. The molecule has 0 spiro atoms. The lowest BCUT2D eigenvalue weighted by molar-refractivity contribution is -0.138. The zero-order valence-electron chi connectivity index (χ0n) is 11.5. The molecule has 0 radical (unpaired) electrons. The lowest BCUT2D eigenvalue weighted by Crippen LogP contribution is -2.38. The first-order chi connectivity index (χ1) is 10.1. The summed E-state index contributed by atoms with van der Waals surface area (Å²) in [6, 6.07) is 6.77. The molecule has 1 heterocycles. The van der Waals surface area contributed by atoms with E-state index < -0.39 is 12.0 Å². The summed E-state index contributed by atoms with van der Waals surface area (Å²) < 4.78 is 6.21. The second-order valence-electron chi connectivity index (χ2n) is 5.12. The van der Waals surface area contributed by atoms with E-state index in [1.54, 1.807) is 0 Å². The predicted molar refractivity (Wildman–Crippen MR) is 80.8 cm³/mol. The first-order valence-corrected chi connectivity index (χ1v) is 7.71. The Morgan fingerprint density at radius 2 is 2.10 bits per heavy atom. The molecule has 0 aliphatic carbocycles. The maximum atomic E-state index is 12.2. The van der Waals surface area contributed by atoms with Gasteiger partial charge in [-0.15, -0.1) is 0 Å². The molecule has 6 heteroatoms. The van der Waals surface area contributed by atoms with Crippen LogP contribution in [0.15, 0.2) is 28.7 Å². The minimum absolute atomic E-state index is 0.135. The molecule has 21 heavy (non-hydrogen) atoms. The summed E-state index contributed by atoms with van der Waals surface area (Å²) in [7, 11) is 0. The van der Waals surface area contributed by atoms with Crippen LogP contribution in [0, 0.1) is 5.92 Å². The van der Waals surface area contributed by atoms with E-state index >= 15 is 0 Å². The molecule has 0 bridgehead atoms. The van der Waals surface area contributed by atoms with Crippen molar-refractivity contribution in [3.05, 3.63) is 34.3 Å². The molecule has 1 aliphatic heterocycles. The third-order valence-electron chi connectivity index (χ3n) is 3.50. The molecular formula is C15H18BrNO4. The summed E-state index contributed by atoms with van der Waals surface area (Å²) in [6.07, 6.45) is 1.51. The fraction of sp³-hybridized carbons (Fsp3) is 0.467. The highest BCUT2D eigenvalue weighted by molar-refractivity contribution is 9.10. The minimum Gasteiger partial charge on any atom is -0.481 e. The second-order valence-corrected chi connectivity index (χ2v) is 6.04. The van der Waals surface area contributed by atoms with Crippen LogP contribution in [0.3, 0.4) is 0 Å². The van der Waals surface area contributed by atoms with Gasteiger partial charge in [0.25, 0.3) is 0 Å². The highest BCUT2D eigenvalue weighted by atomic mass is 79.9.